The van der Waals surface area contributed by atoms with Crippen LogP contribution in [-0.2, 0) is 16.1 Å². The number of esters is 1. The Morgan fingerprint density at radius 2 is 1.91 bits per heavy atom. The van der Waals surface area contributed by atoms with Crippen molar-refractivity contribution in [2.45, 2.75) is 13.5 Å². The van der Waals surface area contributed by atoms with E-state index in [1.54, 1.807) is 6.08 Å². The Morgan fingerprint density at radius 1 is 1.18 bits per heavy atom. The van der Waals surface area contributed by atoms with E-state index in [2.05, 4.69) is 58.5 Å². The lowest BCUT2D eigenvalue weighted by molar-refractivity contribution is -0.134. The van der Waals surface area contributed by atoms with Crippen LogP contribution in [0.15, 0.2) is 48.5 Å². The van der Waals surface area contributed by atoms with Crippen molar-refractivity contribution < 1.29 is 14.3 Å². The van der Waals surface area contributed by atoms with Crippen LogP contribution in [-0.4, -0.2) is 13.1 Å². The zero-order chi connectivity index (χ0) is 15.9. The van der Waals surface area contributed by atoms with E-state index < -0.39 is 0 Å². The third-order valence-electron chi connectivity index (χ3n) is 3.08. The maximum Gasteiger partial charge on any atom is 0.330 e. The van der Waals surface area contributed by atoms with E-state index >= 15 is 0 Å². The summed E-state index contributed by atoms with van der Waals surface area (Å²) < 4.78 is 11.4. The molecule has 0 N–H and O–H groups in total. The molecule has 0 fully saturated rings. The molecule has 0 heterocycles. The summed E-state index contributed by atoms with van der Waals surface area (Å²) in [6, 6.07) is 14.1. The Morgan fingerprint density at radius 3 is 2.55 bits per heavy atom. The van der Waals surface area contributed by atoms with Gasteiger partial charge >= 0.3 is 5.97 Å². The molecule has 0 bridgehead atoms. The summed E-state index contributed by atoms with van der Waals surface area (Å²) in [7, 11) is 1.36. The molecule has 3 nitrogen and oxygen atoms in total. The highest BCUT2D eigenvalue weighted by atomic mass is 127. The fourth-order valence-electron chi connectivity index (χ4n) is 1.82. The van der Waals surface area contributed by atoms with Crippen molar-refractivity contribution in [1.29, 1.82) is 0 Å². The van der Waals surface area contributed by atoms with Crippen LogP contribution in [0.4, 0.5) is 0 Å². The van der Waals surface area contributed by atoms with Crippen LogP contribution in [0.5, 0.6) is 5.75 Å². The standard InChI is InChI=1S/C18H17IO3/c1-13-3-5-15(6-4-13)12-22-17-9-7-14(11-16(17)19)8-10-18(20)21-2/h3-11H,12H2,1-2H3/b10-8+. The molecule has 0 amide bonds. The van der Waals surface area contributed by atoms with Crippen LogP contribution in [0, 0.1) is 10.5 Å². The van der Waals surface area contributed by atoms with E-state index in [-0.39, 0.29) is 5.97 Å². The fraction of sp³-hybridized carbons (Fsp3) is 0.167. The molecular weight excluding hydrogens is 391 g/mol. The number of halogens is 1. The third-order valence-corrected chi connectivity index (χ3v) is 3.93. The molecule has 2 aromatic carbocycles. The van der Waals surface area contributed by atoms with Gasteiger partial charge in [0.05, 0.1) is 10.7 Å². The molecule has 2 aromatic rings. The van der Waals surface area contributed by atoms with Crippen molar-refractivity contribution in [2.24, 2.45) is 0 Å². The number of benzene rings is 2. The van der Waals surface area contributed by atoms with Gasteiger partial charge in [-0.3, -0.25) is 0 Å². The molecule has 0 atom stereocenters. The first-order chi connectivity index (χ1) is 10.6. The van der Waals surface area contributed by atoms with Gasteiger partial charge in [-0.1, -0.05) is 35.9 Å². The van der Waals surface area contributed by atoms with Crippen molar-refractivity contribution in [3.63, 3.8) is 0 Å². The van der Waals surface area contributed by atoms with Gasteiger partial charge in [-0.05, 0) is 58.9 Å². The average Bonchev–Trinajstić information content (AvgIpc) is 2.53. The van der Waals surface area contributed by atoms with E-state index in [4.69, 9.17) is 4.74 Å². The summed E-state index contributed by atoms with van der Waals surface area (Å²) >= 11 is 2.23. The van der Waals surface area contributed by atoms with E-state index in [1.165, 1.54) is 18.7 Å². The highest BCUT2D eigenvalue weighted by Gasteiger charge is 2.03. The van der Waals surface area contributed by atoms with Gasteiger partial charge in [-0.15, -0.1) is 0 Å². The Labute approximate surface area is 144 Å². The van der Waals surface area contributed by atoms with Gasteiger partial charge in [-0.25, -0.2) is 4.79 Å². The molecule has 0 aromatic heterocycles. The fourth-order valence-corrected chi connectivity index (χ4v) is 2.51. The lowest BCUT2D eigenvalue weighted by Gasteiger charge is -2.09. The number of methoxy groups -OCH3 is 1. The van der Waals surface area contributed by atoms with Crippen molar-refractivity contribution in [1.82, 2.24) is 0 Å². The third kappa shape index (κ3) is 4.87. The normalized spacial score (nSPS) is 10.7. The first kappa shape index (κ1) is 16.5. The molecule has 4 heteroatoms. The molecule has 0 saturated heterocycles. The predicted molar refractivity (Wildman–Crippen MR) is 95.7 cm³/mol. The van der Waals surface area contributed by atoms with Gasteiger partial charge in [0.1, 0.15) is 12.4 Å². The second kappa shape index (κ2) is 7.98. The van der Waals surface area contributed by atoms with Gasteiger partial charge in [-0.2, -0.15) is 0 Å². The highest BCUT2D eigenvalue weighted by molar-refractivity contribution is 14.1. The molecule has 0 aliphatic carbocycles. The summed E-state index contributed by atoms with van der Waals surface area (Å²) in [5.74, 6) is 0.464. The zero-order valence-electron chi connectivity index (χ0n) is 12.5. The number of aryl methyl sites for hydroxylation is 1. The van der Waals surface area contributed by atoms with Gasteiger partial charge in [0.25, 0.3) is 0 Å². The molecule has 0 spiro atoms. The van der Waals surface area contributed by atoms with E-state index in [1.807, 2.05) is 18.2 Å². The summed E-state index contributed by atoms with van der Waals surface area (Å²) in [5.41, 5.74) is 3.30. The maximum atomic E-state index is 11.1. The van der Waals surface area contributed by atoms with Crippen LogP contribution in [0.3, 0.4) is 0 Å². The van der Waals surface area contributed by atoms with E-state index in [0.717, 1.165) is 20.4 Å². The zero-order valence-corrected chi connectivity index (χ0v) is 14.7. The summed E-state index contributed by atoms with van der Waals surface area (Å²) in [6.07, 6.45) is 3.12. The number of ether oxygens (including phenoxy) is 2. The summed E-state index contributed by atoms with van der Waals surface area (Å²) in [5, 5.41) is 0. The summed E-state index contributed by atoms with van der Waals surface area (Å²) in [4.78, 5) is 11.1. The minimum Gasteiger partial charge on any atom is -0.488 e. The molecule has 22 heavy (non-hydrogen) atoms. The minimum atomic E-state index is -0.366. The lowest BCUT2D eigenvalue weighted by Crippen LogP contribution is -1.97. The average molecular weight is 408 g/mol. The Balaban J connectivity index is 2.02. The van der Waals surface area contributed by atoms with Crippen LogP contribution >= 0.6 is 22.6 Å². The second-order valence-corrected chi connectivity index (χ2v) is 5.98. The quantitative estimate of drug-likeness (QED) is 0.419. The van der Waals surface area contributed by atoms with Crippen molar-refractivity contribution in [3.05, 3.63) is 68.8 Å². The minimum absolute atomic E-state index is 0.366. The molecule has 2 rings (SSSR count). The van der Waals surface area contributed by atoms with E-state index in [0.29, 0.717) is 6.61 Å². The number of carbonyl (C=O) groups excluding carboxylic acids is 1. The number of carbonyl (C=O) groups is 1. The van der Waals surface area contributed by atoms with E-state index in [9.17, 15) is 4.79 Å². The Hall–Kier alpha value is -1.82. The van der Waals surface area contributed by atoms with Gasteiger partial charge in [0, 0.05) is 6.08 Å². The highest BCUT2D eigenvalue weighted by Crippen LogP contribution is 2.23. The van der Waals surface area contributed by atoms with Crippen molar-refractivity contribution in [2.75, 3.05) is 7.11 Å². The van der Waals surface area contributed by atoms with Crippen LogP contribution in [0.25, 0.3) is 6.08 Å². The van der Waals surface area contributed by atoms with Crippen LogP contribution in [0.1, 0.15) is 16.7 Å². The van der Waals surface area contributed by atoms with Crippen LogP contribution in [0.2, 0.25) is 0 Å². The topological polar surface area (TPSA) is 35.5 Å². The van der Waals surface area contributed by atoms with Gasteiger partial charge in [0.15, 0.2) is 0 Å². The molecule has 0 aliphatic heterocycles. The van der Waals surface area contributed by atoms with Crippen molar-refractivity contribution in [3.8, 4) is 5.75 Å². The first-order valence-electron chi connectivity index (χ1n) is 6.82. The molecule has 0 unspecified atom stereocenters. The van der Waals surface area contributed by atoms with Crippen LogP contribution < -0.4 is 4.74 Å². The predicted octanol–water partition coefficient (Wildman–Crippen LogP) is 4.36. The lowest BCUT2D eigenvalue weighted by atomic mass is 10.2. The Bertz CT molecular complexity index is 675. The molecule has 114 valence electrons. The molecule has 0 saturated carbocycles. The largest absolute Gasteiger partial charge is 0.488 e. The summed E-state index contributed by atoms with van der Waals surface area (Å²) in [6.45, 7) is 2.60. The monoisotopic (exact) mass is 408 g/mol. The molecule has 0 aliphatic rings. The SMILES string of the molecule is COC(=O)/C=C/c1ccc(OCc2ccc(C)cc2)c(I)c1. The molecule has 0 radical (unpaired) electrons. The second-order valence-electron chi connectivity index (χ2n) is 4.82. The van der Waals surface area contributed by atoms with Gasteiger partial charge < -0.3 is 9.47 Å². The maximum absolute atomic E-state index is 11.1. The van der Waals surface area contributed by atoms with Crippen molar-refractivity contribution >= 4 is 34.6 Å². The molecular formula is C18H17IO3. The number of hydrogen-bond donors (Lipinski definition) is 0. The first-order valence-corrected chi connectivity index (χ1v) is 7.90. The Kier molecular flexibility index (Phi) is 6.00. The number of hydrogen-bond acceptors (Lipinski definition) is 3. The van der Waals surface area contributed by atoms with Gasteiger partial charge in [0.2, 0.25) is 0 Å². The number of rotatable bonds is 5. The smallest absolute Gasteiger partial charge is 0.330 e.